The quantitative estimate of drug-likeness (QED) is 0.286. The first kappa shape index (κ1) is 24.3. The van der Waals surface area contributed by atoms with Crippen molar-refractivity contribution in [2.24, 2.45) is 4.99 Å². The van der Waals surface area contributed by atoms with Gasteiger partial charge < -0.3 is 4.57 Å². The van der Waals surface area contributed by atoms with Crippen molar-refractivity contribution in [3.63, 3.8) is 0 Å². The monoisotopic (exact) mass is 525 g/mol. The first-order valence-electron chi connectivity index (χ1n) is 14.0. The van der Waals surface area contributed by atoms with Gasteiger partial charge in [0.05, 0.1) is 19.1 Å². The van der Waals surface area contributed by atoms with Crippen molar-refractivity contribution in [3.8, 4) is 0 Å². The van der Waals surface area contributed by atoms with E-state index in [4.69, 9.17) is 9.98 Å². The highest BCUT2D eigenvalue weighted by atomic mass is 16.2. The van der Waals surface area contributed by atoms with Gasteiger partial charge in [-0.15, -0.1) is 0 Å². The highest BCUT2D eigenvalue weighted by Crippen LogP contribution is 2.40. The Labute approximate surface area is 234 Å². The van der Waals surface area contributed by atoms with E-state index in [-0.39, 0.29) is 11.9 Å². The van der Waals surface area contributed by atoms with Crippen molar-refractivity contribution >= 4 is 28.8 Å². The number of nitrogens with zero attached hydrogens (tertiary/aromatic N) is 5. The summed E-state index contributed by atoms with van der Waals surface area (Å²) in [6, 6.07) is 31.3. The molecule has 3 heterocycles. The molecular weight excluding hydrogens is 494 g/mol. The van der Waals surface area contributed by atoms with E-state index >= 15 is 0 Å². The number of hydrogen-bond acceptors (Lipinski definition) is 4. The number of hydrogen-bond donors (Lipinski definition) is 0. The van der Waals surface area contributed by atoms with Crippen LogP contribution < -0.4 is 4.90 Å². The molecule has 0 unspecified atom stereocenters. The number of aromatic nitrogens is 2. The minimum atomic E-state index is -0.0776. The number of amides is 1. The van der Waals surface area contributed by atoms with E-state index in [1.54, 1.807) is 4.90 Å². The van der Waals surface area contributed by atoms with Crippen LogP contribution >= 0.6 is 0 Å². The zero-order valence-corrected chi connectivity index (χ0v) is 22.6. The Kier molecular flexibility index (Phi) is 6.16. The number of carbonyl (C=O) groups excluding carboxylic acids is 1. The Bertz CT molecular complexity index is 1650. The number of benzene rings is 3. The van der Waals surface area contributed by atoms with E-state index in [9.17, 15) is 4.79 Å². The van der Waals surface area contributed by atoms with Crippen LogP contribution in [-0.2, 0) is 6.54 Å². The number of anilines is 1. The minimum absolute atomic E-state index is 0.0437. The van der Waals surface area contributed by atoms with E-state index in [1.165, 1.54) is 16.7 Å². The fourth-order valence-corrected chi connectivity index (χ4v) is 6.00. The van der Waals surface area contributed by atoms with Gasteiger partial charge in [-0.1, -0.05) is 103 Å². The van der Waals surface area contributed by atoms with Crippen LogP contribution in [0.25, 0.3) is 11.1 Å². The Hall–Kier alpha value is -4.71. The van der Waals surface area contributed by atoms with Gasteiger partial charge in [-0.2, -0.15) is 0 Å². The summed E-state index contributed by atoms with van der Waals surface area (Å²) in [7, 11) is 0. The number of guanidine groups is 1. The molecule has 6 nitrogen and oxygen atoms in total. The average Bonchev–Trinajstić information content (AvgIpc) is 3.62. The third-order valence-electron chi connectivity index (χ3n) is 8.02. The van der Waals surface area contributed by atoms with Crippen molar-refractivity contribution in [3.05, 3.63) is 131 Å². The molecule has 40 heavy (non-hydrogen) atoms. The second-order valence-corrected chi connectivity index (χ2v) is 10.4. The number of carbonyl (C=O) groups is 1. The highest BCUT2D eigenvalue weighted by Gasteiger charge is 2.44. The van der Waals surface area contributed by atoms with Crippen molar-refractivity contribution in [2.75, 3.05) is 18.0 Å². The summed E-state index contributed by atoms with van der Waals surface area (Å²) in [6.45, 7) is 3.85. The van der Waals surface area contributed by atoms with Crippen LogP contribution in [-0.4, -0.2) is 39.4 Å². The van der Waals surface area contributed by atoms with Gasteiger partial charge in [0.25, 0.3) is 5.91 Å². The standard InChI is InChI=1S/C34H31N5O/c1-2-37-33(40)30-32(39-23-29(35-34(37)39)27-16-10-5-11-17-27)38(22-24-12-6-3-7-13-24)31(36-30)28-20-18-26(19-21-28)25-14-8-4-9-15-25/h3-18,20,29H,2,19,21-23H2,1H3/t29-/m0/s1. The molecule has 0 fully saturated rings. The zero-order valence-electron chi connectivity index (χ0n) is 22.6. The van der Waals surface area contributed by atoms with E-state index < -0.39 is 0 Å². The van der Waals surface area contributed by atoms with Crippen LogP contribution in [0.1, 0.15) is 58.8 Å². The van der Waals surface area contributed by atoms with Crippen LogP contribution in [0, 0.1) is 0 Å². The molecule has 1 aliphatic carbocycles. The smallest absolute Gasteiger partial charge is 0.283 e. The van der Waals surface area contributed by atoms with Gasteiger partial charge in [0.2, 0.25) is 5.96 Å². The lowest BCUT2D eigenvalue weighted by Gasteiger charge is -2.33. The number of imidazole rings is 1. The highest BCUT2D eigenvalue weighted by molar-refractivity contribution is 6.18. The molecule has 4 aromatic rings. The van der Waals surface area contributed by atoms with Crippen molar-refractivity contribution in [1.82, 2.24) is 14.5 Å². The molecule has 1 amide bonds. The summed E-state index contributed by atoms with van der Waals surface area (Å²) in [5.41, 5.74) is 6.56. The molecule has 0 bridgehead atoms. The predicted octanol–water partition coefficient (Wildman–Crippen LogP) is 6.59. The second kappa shape index (κ2) is 10.1. The maximum Gasteiger partial charge on any atom is 0.283 e. The van der Waals surface area contributed by atoms with Gasteiger partial charge >= 0.3 is 0 Å². The molecule has 1 aromatic heterocycles. The van der Waals surface area contributed by atoms with Gasteiger partial charge in [0.15, 0.2) is 5.69 Å². The van der Waals surface area contributed by atoms with Gasteiger partial charge in [-0.05, 0) is 47.6 Å². The van der Waals surface area contributed by atoms with E-state index in [2.05, 4.69) is 82.3 Å². The molecule has 6 heteroatoms. The van der Waals surface area contributed by atoms with Crippen LogP contribution in [0.15, 0.2) is 108 Å². The molecule has 7 rings (SSSR count). The van der Waals surface area contributed by atoms with Crippen LogP contribution in [0.2, 0.25) is 0 Å². The van der Waals surface area contributed by atoms with E-state index in [0.29, 0.717) is 25.3 Å². The molecule has 198 valence electrons. The van der Waals surface area contributed by atoms with Crippen molar-refractivity contribution in [1.29, 1.82) is 0 Å². The first-order chi connectivity index (χ1) is 19.7. The maximum atomic E-state index is 13.9. The fraction of sp³-hybridized carbons (Fsp3) is 0.206. The third kappa shape index (κ3) is 4.16. The zero-order chi connectivity index (χ0) is 27.1. The minimum Gasteiger partial charge on any atom is -0.306 e. The molecule has 2 aliphatic heterocycles. The molecule has 1 atom stereocenters. The second-order valence-electron chi connectivity index (χ2n) is 10.4. The number of fused-ring (bicyclic) bond motifs is 3. The van der Waals surface area contributed by atoms with Gasteiger partial charge in [0.1, 0.15) is 11.6 Å². The molecule has 0 saturated heterocycles. The molecule has 0 N–H and O–H groups in total. The lowest BCUT2D eigenvalue weighted by molar-refractivity contribution is 0.0841. The van der Waals surface area contributed by atoms with Crippen molar-refractivity contribution in [2.45, 2.75) is 32.4 Å². The van der Waals surface area contributed by atoms with Crippen LogP contribution in [0.5, 0.6) is 0 Å². The van der Waals surface area contributed by atoms with Crippen LogP contribution in [0.3, 0.4) is 0 Å². The molecular formula is C34H31N5O. The van der Waals surface area contributed by atoms with E-state index in [0.717, 1.165) is 41.6 Å². The number of allylic oxidation sites excluding steroid dienone is 4. The normalized spacial score (nSPS) is 18.2. The summed E-state index contributed by atoms with van der Waals surface area (Å²) in [4.78, 5) is 28.0. The lowest BCUT2D eigenvalue weighted by Crippen LogP contribution is -2.50. The number of aliphatic imine (C=N–C) groups is 1. The van der Waals surface area contributed by atoms with Gasteiger partial charge in [-0.25, -0.2) is 9.98 Å². The Balaban J connectivity index is 1.35. The Morgan fingerprint density at radius 1 is 0.825 bits per heavy atom. The topological polar surface area (TPSA) is 53.7 Å². The van der Waals surface area contributed by atoms with Gasteiger partial charge in [-0.3, -0.25) is 14.6 Å². The van der Waals surface area contributed by atoms with Crippen LogP contribution in [0.4, 0.5) is 5.82 Å². The first-order valence-corrected chi connectivity index (χ1v) is 14.0. The fourth-order valence-electron chi connectivity index (χ4n) is 6.00. The SMILES string of the molecule is CCN1C(=O)c2nc(C3=CC=C(c4ccccc4)CC3)n(Cc3ccccc3)c2N2C[C@@H](c3ccccc3)N=C12. The molecule has 0 radical (unpaired) electrons. The molecule has 3 aliphatic rings. The van der Waals surface area contributed by atoms with Crippen molar-refractivity contribution < 1.29 is 4.79 Å². The maximum absolute atomic E-state index is 13.9. The third-order valence-corrected chi connectivity index (χ3v) is 8.02. The molecule has 0 saturated carbocycles. The van der Waals surface area contributed by atoms with E-state index in [1.807, 2.05) is 37.3 Å². The summed E-state index contributed by atoms with van der Waals surface area (Å²) in [5.74, 6) is 2.36. The molecule has 3 aromatic carbocycles. The Morgan fingerprint density at radius 2 is 1.48 bits per heavy atom. The summed E-state index contributed by atoms with van der Waals surface area (Å²) < 4.78 is 2.24. The summed E-state index contributed by atoms with van der Waals surface area (Å²) in [6.07, 6.45) is 6.20. The number of rotatable bonds is 6. The average molecular weight is 526 g/mol. The molecule has 0 spiro atoms. The predicted molar refractivity (Wildman–Crippen MR) is 160 cm³/mol. The lowest BCUT2D eigenvalue weighted by atomic mass is 9.93. The Morgan fingerprint density at radius 3 is 2.15 bits per heavy atom. The summed E-state index contributed by atoms with van der Waals surface area (Å²) in [5, 5.41) is 0. The largest absolute Gasteiger partial charge is 0.306 e. The van der Waals surface area contributed by atoms with Gasteiger partial charge in [0, 0.05) is 6.54 Å². The summed E-state index contributed by atoms with van der Waals surface area (Å²) >= 11 is 0.